The molecule has 0 saturated carbocycles. The number of hydrogen-bond acceptors (Lipinski definition) is 6. The van der Waals surface area contributed by atoms with E-state index in [1.165, 1.54) is 11.1 Å². The molecule has 0 bridgehead atoms. The number of hydrogen-bond donors (Lipinski definition) is 6. The van der Waals surface area contributed by atoms with Crippen molar-refractivity contribution in [2.75, 3.05) is 13.1 Å². The summed E-state index contributed by atoms with van der Waals surface area (Å²) in [7, 11) is 0. The van der Waals surface area contributed by atoms with E-state index in [1.807, 2.05) is 25.1 Å². The number of benzene rings is 2. The van der Waals surface area contributed by atoms with Gasteiger partial charge < -0.3 is 30.6 Å². The van der Waals surface area contributed by atoms with Crippen LogP contribution in [-0.4, -0.2) is 33.0 Å². The van der Waals surface area contributed by atoms with E-state index in [1.54, 1.807) is 0 Å². The molecule has 4 aromatic rings. The normalized spacial score (nSPS) is 14.9. The predicted molar refractivity (Wildman–Crippen MR) is 126 cm³/mol. The molecule has 4 heterocycles. The average Bonchev–Trinajstić information content (AvgIpc) is 2.82. The molecule has 10 heteroatoms. The second kappa shape index (κ2) is 8.30. The Balaban J connectivity index is 0.000000139. The molecule has 2 aliphatic rings. The van der Waals surface area contributed by atoms with Gasteiger partial charge in [-0.15, -0.1) is 0 Å². The van der Waals surface area contributed by atoms with Crippen LogP contribution >= 0.6 is 0 Å². The number of rotatable bonds is 0. The lowest BCUT2D eigenvalue weighted by Gasteiger charge is -2.20. The molecule has 0 aliphatic carbocycles. The fraction of sp³-hybridized carbons (Fsp3) is 0.304. The molecule has 2 aliphatic heterocycles. The van der Waals surface area contributed by atoms with Gasteiger partial charge in [0, 0.05) is 13.1 Å². The van der Waals surface area contributed by atoms with Gasteiger partial charge in [0.2, 0.25) is 0 Å². The van der Waals surface area contributed by atoms with Crippen molar-refractivity contribution in [2.45, 2.75) is 32.9 Å². The fourth-order valence-electron chi connectivity index (χ4n) is 4.65. The van der Waals surface area contributed by atoms with E-state index in [-0.39, 0.29) is 0 Å². The lowest BCUT2D eigenvalue weighted by molar-refractivity contribution is 0.644. The Hall–Kier alpha value is -3.76. The topological polar surface area (TPSA) is 155 Å². The van der Waals surface area contributed by atoms with Crippen molar-refractivity contribution in [3.8, 4) is 0 Å². The van der Waals surface area contributed by atoms with Crippen LogP contribution in [0.15, 0.2) is 37.4 Å². The van der Waals surface area contributed by atoms with Crippen molar-refractivity contribution in [3.05, 3.63) is 87.4 Å². The minimum absolute atomic E-state index is 0.589. The van der Waals surface area contributed by atoms with Gasteiger partial charge in [-0.2, -0.15) is 0 Å². The van der Waals surface area contributed by atoms with Crippen molar-refractivity contribution in [3.63, 3.8) is 0 Å². The molecular weight excluding hydrogens is 424 g/mol. The minimum Gasteiger partial charge on any atom is -0.316 e. The summed E-state index contributed by atoms with van der Waals surface area (Å²) >= 11 is 0. The van der Waals surface area contributed by atoms with E-state index in [4.69, 9.17) is 0 Å². The van der Waals surface area contributed by atoms with Gasteiger partial charge in [-0.05, 0) is 72.8 Å². The Bertz CT molecular complexity index is 1630. The van der Waals surface area contributed by atoms with Crippen molar-refractivity contribution in [2.24, 2.45) is 0 Å². The maximum atomic E-state index is 11.4. The SMILES string of the molecule is Cc1cc2[nH]c(=O)c(=O)[nH]c2c2c1CCNC2.O=c1[nH]c2ccc3c(c2[nH]c1=O)CNCC3. The number of aromatic amines is 4. The van der Waals surface area contributed by atoms with E-state index in [9.17, 15) is 19.2 Å². The van der Waals surface area contributed by atoms with E-state index < -0.39 is 22.2 Å². The number of fused-ring (bicyclic) bond motifs is 6. The van der Waals surface area contributed by atoms with Crippen LogP contribution in [0.25, 0.3) is 22.1 Å². The lowest BCUT2D eigenvalue weighted by Crippen LogP contribution is -2.31. The van der Waals surface area contributed by atoms with Crippen molar-refractivity contribution in [1.82, 2.24) is 30.6 Å². The zero-order valence-corrected chi connectivity index (χ0v) is 18.1. The molecule has 10 nitrogen and oxygen atoms in total. The Kier molecular flexibility index (Phi) is 5.31. The van der Waals surface area contributed by atoms with Crippen molar-refractivity contribution < 1.29 is 0 Å². The summed E-state index contributed by atoms with van der Waals surface area (Å²) in [5, 5.41) is 6.53. The van der Waals surface area contributed by atoms with E-state index in [2.05, 4.69) is 30.6 Å². The number of H-pyrrole nitrogens is 4. The van der Waals surface area contributed by atoms with Crippen LogP contribution in [-0.2, 0) is 25.9 Å². The maximum absolute atomic E-state index is 11.4. The average molecular weight is 448 g/mol. The first-order valence-corrected chi connectivity index (χ1v) is 10.9. The summed E-state index contributed by atoms with van der Waals surface area (Å²) in [4.78, 5) is 55.7. The highest BCUT2D eigenvalue weighted by molar-refractivity contribution is 5.81. The monoisotopic (exact) mass is 448 g/mol. The fourth-order valence-corrected chi connectivity index (χ4v) is 4.65. The van der Waals surface area contributed by atoms with Crippen LogP contribution in [0.5, 0.6) is 0 Å². The molecular formula is C23H24N6O4. The van der Waals surface area contributed by atoms with Gasteiger partial charge in [0.05, 0.1) is 22.1 Å². The van der Waals surface area contributed by atoms with E-state index in [0.29, 0.717) is 11.0 Å². The molecule has 0 amide bonds. The Morgan fingerprint density at radius 2 is 1.21 bits per heavy atom. The van der Waals surface area contributed by atoms with E-state index >= 15 is 0 Å². The van der Waals surface area contributed by atoms with Crippen LogP contribution in [0.2, 0.25) is 0 Å². The van der Waals surface area contributed by atoms with Crippen molar-refractivity contribution >= 4 is 22.1 Å². The second-order valence-electron chi connectivity index (χ2n) is 8.37. The Morgan fingerprint density at radius 1 is 0.636 bits per heavy atom. The molecule has 6 rings (SSSR count). The highest BCUT2D eigenvalue weighted by atomic mass is 16.2. The number of aromatic nitrogens is 4. The summed E-state index contributed by atoms with van der Waals surface area (Å²) < 4.78 is 0. The second-order valence-corrected chi connectivity index (χ2v) is 8.37. The van der Waals surface area contributed by atoms with E-state index in [0.717, 1.165) is 66.7 Å². The lowest BCUT2D eigenvalue weighted by atomic mass is 9.94. The highest BCUT2D eigenvalue weighted by Gasteiger charge is 2.16. The van der Waals surface area contributed by atoms with Gasteiger partial charge in [0.15, 0.2) is 0 Å². The zero-order chi connectivity index (χ0) is 23.1. The zero-order valence-electron chi connectivity index (χ0n) is 18.1. The Morgan fingerprint density at radius 3 is 1.94 bits per heavy atom. The van der Waals surface area contributed by atoms with Crippen LogP contribution in [0.4, 0.5) is 0 Å². The third-order valence-corrected chi connectivity index (χ3v) is 6.29. The molecule has 2 aromatic carbocycles. The molecule has 0 atom stereocenters. The molecule has 33 heavy (non-hydrogen) atoms. The third kappa shape index (κ3) is 3.83. The van der Waals surface area contributed by atoms with Gasteiger partial charge in [-0.25, -0.2) is 0 Å². The summed E-state index contributed by atoms with van der Waals surface area (Å²) in [6.45, 7) is 5.40. The molecule has 0 spiro atoms. The van der Waals surface area contributed by atoms with Crippen molar-refractivity contribution in [1.29, 1.82) is 0 Å². The van der Waals surface area contributed by atoms with Crippen LogP contribution in [0.3, 0.4) is 0 Å². The first-order chi connectivity index (χ1) is 15.9. The summed E-state index contributed by atoms with van der Waals surface area (Å²) in [5.74, 6) is 0. The van der Waals surface area contributed by atoms with Crippen LogP contribution in [0, 0.1) is 6.92 Å². The first-order valence-electron chi connectivity index (χ1n) is 10.9. The standard InChI is InChI=1S/C12H13N3O2.C11H11N3O2/c1-6-4-9-10(15-12(17)11(16)14-9)8-5-13-3-2-7(6)8;15-10-11(16)14-9-7-5-12-4-3-6(7)1-2-8(9)13-10/h4,13H,2-3,5H2,1H3,(H,14,16)(H,15,17);1-2,12H,3-5H2,(H,13,15)(H,14,16). The summed E-state index contributed by atoms with van der Waals surface area (Å²) in [6, 6.07) is 5.78. The maximum Gasteiger partial charge on any atom is 0.314 e. The quantitative estimate of drug-likeness (QED) is 0.209. The Labute approximate surface area is 186 Å². The largest absolute Gasteiger partial charge is 0.316 e. The minimum atomic E-state index is -0.601. The molecule has 0 radical (unpaired) electrons. The van der Waals surface area contributed by atoms with Gasteiger partial charge >= 0.3 is 22.2 Å². The molecule has 0 saturated heterocycles. The molecule has 6 N–H and O–H groups in total. The third-order valence-electron chi connectivity index (χ3n) is 6.29. The predicted octanol–water partition coefficient (Wildman–Crippen LogP) is 0.0326. The molecule has 0 fully saturated rings. The van der Waals surface area contributed by atoms with Gasteiger partial charge in [-0.1, -0.05) is 6.07 Å². The summed E-state index contributed by atoms with van der Waals surface area (Å²) in [6.07, 6.45) is 1.91. The number of aryl methyl sites for hydroxylation is 1. The van der Waals surface area contributed by atoms with Gasteiger partial charge in [0.25, 0.3) is 0 Å². The smallest absolute Gasteiger partial charge is 0.314 e. The molecule has 170 valence electrons. The van der Waals surface area contributed by atoms with Crippen LogP contribution in [0.1, 0.15) is 27.8 Å². The number of nitrogens with one attached hydrogen (secondary N) is 6. The van der Waals surface area contributed by atoms with Gasteiger partial charge in [0.1, 0.15) is 0 Å². The first kappa shape index (κ1) is 21.1. The molecule has 2 aromatic heterocycles. The highest BCUT2D eigenvalue weighted by Crippen LogP contribution is 2.24. The van der Waals surface area contributed by atoms with Gasteiger partial charge in [-0.3, -0.25) is 19.2 Å². The summed E-state index contributed by atoms with van der Waals surface area (Å²) in [5.41, 5.74) is 6.36. The molecule has 0 unspecified atom stereocenters. The van der Waals surface area contributed by atoms with Crippen LogP contribution < -0.4 is 32.9 Å².